The predicted octanol–water partition coefficient (Wildman–Crippen LogP) is 4.23. The summed E-state index contributed by atoms with van der Waals surface area (Å²) in [6, 6.07) is 5.94. The van der Waals surface area contributed by atoms with Crippen molar-refractivity contribution >= 4 is 5.78 Å². The van der Waals surface area contributed by atoms with E-state index in [1.165, 1.54) is 17.5 Å². The van der Waals surface area contributed by atoms with E-state index in [0.717, 1.165) is 32.1 Å². The van der Waals surface area contributed by atoms with Crippen LogP contribution in [0.1, 0.15) is 49.1 Å². The molecule has 0 bridgehead atoms. The Bertz CT molecular complexity index is 706. The van der Waals surface area contributed by atoms with Crippen molar-refractivity contribution < 1.29 is 9.90 Å². The van der Waals surface area contributed by atoms with Gasteiger partial charge in [0, 0.05) is 11.3 Å². The molecule has 4 aliphatic rings. The quantitative estimate of drug-likeness (QED) is 0.830. The molecule has 120 valence electrons. The van der Waals surface area contributed by atoms with Crippen LogP contribution < -0.4 is 0 Å². The maximum absolute atomic E-state index is 13.0. The molecule has 4 unspecified atom stereocenters. The first-order valence-corrected chi connectivity index (χ1v) is 9.13. The van der Waals surface area contributed by atoms with Gasteiger partial charge in [0.05, 0.1) is 0 Å². The summed E-state index contributed by atoms with van der Waals surface area (Å²) in [5, 5.41) is 9.77. The molecule has 1 aromatic carbocycles. The summed E-state index contributed by atoms with van der Waals surface area (Å²) >= 11 is 0. The van der Waals surface area contributed by atoms with E-state index < -0.39 is 0 Å². The Morgan fingerprint density at radius 3 is 2.96 bits per heavy atom. The van der Waals surface area contributed by atoms with Gasteiger partial charge in [-0.25, -0.2) is 0 Å². The zero-order valence-corrected chi connectivity index (χ0v) is 13.5. The number of fused-ring (bicyclic) bond motifs is 7. The summed E-state index contributed by atoms with van der Waals surface area (Å²) in [6.45, 7) is 3.95. The Labute approximate surface area is 137 Å². The molecule has 1 N–H and O–H groups in total. The van der Waals surface area contributed by atoms with Crippen LogP contribution in [0.15, 0.2) is 30.9 Å². The molecular formula is C21H24O2. The van der Waals surface area contributed by atoms with Crippen LogP contribution in [0.3, 0.4) is 0 Å². The molecule has 6 atom stereocenters. The van der Waals surface area contributed by atoms with Crippen LogP contribution in [-0.2, 0) is 11.2 Å². The Balaban J connectivity index is 1.57. The highest BCUT2D eigenvalue weighted by molar-refractivity contribution is 5.93. The number of allylic oxidation sites excluding steroid dienone is 1. The van der Waals surface area contributed by atoms with E-state index in [2.05, 4.69) is 12.6 Å². The van der Waals surface area contributed by atoms with Gasteiger partial charge in [-0.3, -0.25) is 4.79 Å². The van der Waals surface area contributed by atoms with Crippen LogP contribution >= 0.6 is 0 Å². The molecule has 0 heterocycles. The number of benzene rings is 1. The number of phenolic OH excluding ortho intramolecular Hbond substituents is 1. The first-order valence-electron chi connectivity index (χ1n) is 9.13. The summed E-state index contributed by atoms with van der Waals surface area (Å²) in [4.78, 5) is 13.0. The third-order valence-electron chi connectivity index (χ3n) is 7.43. The fourth-order valence-electron chi connectivity index (χ4n) is 6.61. The zero-order valence-electron chi connectivity index (χ0n) is 13.5. The molecular weight excluding hydrogens is 284 g/mol. The topological polar surface area (TPSA) is 37.3 Å². The van der Waals surface area contributed by atoms with Gasteiger partial charge in [-0.2, -0.15) is 0 Å². The standard InChI is InChI=1S/C21H24O2/c1-2-8-21-9-7-15-14-6-4-13(22)10-12(14)3-5-16(15)19(21)17-11-18(17)20(21)23/h2,4,6,10,15-19,22H,1,3,5,7-9,11H2/t15?,16?,17?,18-,19?,21+/m1/s1. The van der Waals surface area contributed by atoms with Gasteiger partial charge in [0.15, 0.2) is 0 Å². The Hall–Kier alpha value is -1.57. The van der Waals surface area contributed by atoms with Crippen molar-refractivity contribution in [2.24, 2.45) is 29.1 Å². The minimum absolute atomic E-state index is 0.0784. The van der Waals surface area contributed by atoms with E-state index in [0.29, 0.717) is 41.1 Å². The second-order valence-electron chi connectivity index (χ2n) is 8.28. The smallest absolute Gasteiger partial charge is 0.143 e. The SMILES string of the molecule is C=CC[C@]12CCC3c4ccc(O)cc4CCC3C1C1C[C@H]1C2=O. The number of aromatic hydroxyl groups is 1. The first kappa shape index (κ1) is 13.8. The number of rotatable bonds is 2. The van der Waals surface area contributed by atoms with Crippen molar-refractivity contribution in [3.63, 3.8) is 0 Å². The second kappa shape index (κ2) is 4.49. The van der Waals surface area contributed by atoms with Crippen molar-refractivity contribution in [1.82, 2.24) is 0 Å². The molecule has 0 aromatic heterocycles. The van der Waals surface area contributed by atoms with Crippen molar-refractivity contribution in [2.75, 3.05) is 0 Å². The lowest BCUT2D eigenvalue weighted by Gasteiger charge is -2.50. The summed E-state index contributed by atoms with van der Waals surface area (Å²) in [5.41, 5.74) is 2.70. The number of aryl methyl sites for hydroxylation is 1. The lowest BCUT2D eigenvalue weighted by molar-refractivity contribution is -0.133. The number of phenols is 1. The highest BCUT2D eigenvalue weighted by atomic mass is 16.3. The lowest BCUT2D eigenvalue weighted by Crippen LogP contribution is -2.46. The Morgan fingerprint density at radius 2 is 2.13 bits per heavy atom. The van der Waals surface area contributed by atoms with Gasteiger partial charge in [0.2, 0.25) is 0 Å². The van der Waals surface area contributed by atoms with Gasteiger partial charge in [-0.1, -0.05) is 12.1 Å². The minimum atomic E-state index is -0.0784. The van der Waals surface area contributed by atoms with Crippen LogP contribution in [0.25, 0.3) is 0 Å². The Kier molecular flexibility index (Phi) is 2.70. The number of carbonyl (C=O) groups is 1. The van der Waals surface area contributed by atoms with E-state index in [1.807, 2.05) is 18.2 Å². The molecule has 3 fully saturated rings. The van der Waals surface area contributed by atoms with E-state index in [1.54, 1.807) is 0 Å². The zero-order chi connectivity index (χ0) is 15.8. The summed E-state index contributed by atoms with van der Waals surface area (Å²) < 4.78 is 0. The molecule has 3 saturated carbocycles. The average molecular weight is 308 g/mol. The number of Topliss-reactive ketones (excluding diaryl/α,β-unsaturated/α-hetero) is 1. The van der Waals surface area contributed by atoms with Crippen molar-refractivity contribution in [3.8, 4) is 5.75 Å². The summed E-state index contributed by atoms with van der Waals surface area (Å²) in [5.74, 6) is 3.82. The predicted molar refractivity (Wildman–Crippen MR) is 89.2 cm³/mol. The van der Waals surface area contributed by atoms with Crippen LogP contribution in [0.2, 0.25) is 0 Å². The van der Waals surface area contributed by atoms with E-state index >= 15 is 0 Å². The lowest BCUT2D eigenvalue weighted by atomic mass is 9.52. The molecule has 0 saturated heterocycles. The normalized spacial score (nSPS) is 43.1. The molecule has 2 heteroatoms. The highest BCUT2D eigenvalue weighted by Crippen LogP contribution is 2.71. The fraction of sp³-hybridized carbons (Fsp3) is 0.571. The number of hydrogen-bond donors (Lipinski definition) is 1. The Morgan fingerprint density at radius 1 is 1.26 bits per heavy atom. The van der Waals surface area contributed by atoms with Crippen LogP contribution in [0, 0.1) is 29.1 Å². The molecule has 1 aromatic rings. The molecule has 23 heavy (non-hydrogen) atoms. The highest BCUT2D eigenvalue weighted by Gasteiger charge is 2.70. The van der Waals surface area contributed by atoms with E-state index in [-0.39, 0.29) is 5.41 Å². The van der Waals surface area contributed by atoms with Gasteiger partial charge < -0.3 is 5.11 Å². The van der Waals surface area contributed by atoms with Crippen LogP contribution in [0.5, 0.6) is 5.75 Å². The first-order chi connectivity index (χ1) is 11.2. The molecule has 0 aliphatic heterocycles. The molecule has 5 rings (SSSR count). The van der Waals surface area contributed by atoms with Crippen molar-refractivity contribution in [3.05, 3.63) is 42.0 Å². The monoisotopic (exact) mass is 308 g/mol. The maximum atomic E-state index is 13.0. The van der Waals surface area contributed by atoms with Crippen molar-refractivity contribution in [2.45, 2.75) is 44.4 Å². The second-order valence-corrected chi connectivity index (χ2v) is 8.28. The number of ketones is 1. The molecule has 2 nitrogen and oxygen atoms in total. The molecule has 0 radical (unpaired) electrons. The van der Waals surface area contributed by atoms with E-state index in [9.17, 15) is 9.90 Å². The molecule has 0 amide bonds. The van der Waals surface area contributed by atoms with Gasteiger partial charge in [0.1, 0.15) is 11.5 Å². The summed E-state index contributed by atoms with van der Waals surface area (Å²) in [7, 11) is 0. The van der Waals surface area contributed by atoms with Crippen molar-refractivity contribution in [1.29, 1.82) is 0 Å². The fourth-order valence-corrected chi connectivity index (χ4v) is 6.61. The largest absolute Gasteiger partial charge is 0.508 e. The molecule has 0 spiro atoms. The van der Waals surface area contributed by atoms with Crippen LogP contribution in [0.4, 0.5) is 0 Å². The third kappa shape index (κ3) is 1.67. The van der Waals surface area contributed by atoms with Gasteiger partial charge in [-0.15, -0.1) is 6.58 Å². The van der Waals surface area contributed by atoms with Crippen LogP contribution in [-0.4, -0.2) is 10.9 Å². The van der Waals surface area contributed by atoms with Gasteiger partial charge >= 0.3 is 0 Å². The van der Waals surface area contributed by atoms with E-state index in [4.69, 9.17) is 0 Å². The minimum Gasteiger partial charge on any atom is -0.508 e. The number of hydrogen-bond acceptors (Lipinski definition) is 2. The third-order valence-corrected chi connectivity index (χ3v) is 7.43. The summed E-state index contributed by atoms with van der Waals surface area (Å²) in [6.07, 6.45) is 8.42. The van der Waals surface area contributed by atoms with Gasteiger partial charge in [0.25, 0.3) is 0 Å². The maximum Gasteiger partial charge on any atom is 0.143 e. The average Bonchev–Trinajstić information content (AvgIpc) is 3.29. The number of carbonyl (C=O) groups excluding carboxylic acids is 1. The van der Waals surface area contributed by atoms with Gasteiger partial charge in [-0.05, 0) is 85.5 Å². The molecule has 4 aliphatic carbocycles.